The summed E-state index contributed by atoms with van der Waals surface area (Å²) in [6, 6.07) is 1.08. The van der Waals surface area contributed by atoms with E-state index in [0.29, 0.717) is 0 Å². The predicted octanol–water partition coefficient (Wildman–Crippen LogP) is 2.77. The van der Waals surface area contributed by atoms with Crippen molar-refractivity contribution < 1.29 is 27.4 Å². The SMILES string of the molecule is CCOC(=O)c1cc2c(C(F)(F)F)c(OC)ncc2[nH]1. The summed E-state index contributed by atoms with van der Waals surface area (Å²) in [6.45, 7) is 1.73. The highest BCUT2D eigenvalue weighted by Gasteiger charge is 2.38. The Morgan fingerprint density at radius 1 is 1.45 bits per heavy atom. The third kappa shape index (κ3) is 2.40. The summed E-state index contributed by atoms with van der Waals surface area (Å²) in [7, 11) is 1.10. The van der Waals surface area contributed by atoms with Crippen LogP contribution in [-0.2, 0) is 10.9 Å². The molecule has 0 saturated carbocycles. The number of hydrogen-bond acceptors (Lipinski definition) is 4. The maximum absolute atomic E-state index is 13.1. The number of pyridine rings is 1. The molecule has 0 aliphatic carbocycles. The van der Waals surface area contributed by atoms with Gasteiger partial charge in [0.15, 0.2) is 0 Å². The molecule has 2 aromatic rings. The van der Waals surface area contributed by atoms with E-state index in [1.807, 2.05) is 0 Å². The van der Waals surface area contributed by atoms with Crippen molar-refractivity contribution in [1.82, 2.24) is 9.97 Å². The molecule has 0 aliphatic heterocycles. The standard InChI is InChI=1S/C12H11F3N2O3/c1-3-20-11(18)7-4-6-8(17-7)5-16-10(19-2)9(6)12(13,14)15/h4-5,17H,3H2,1-2H3. The molecule has 0 radical (unpaired) electrons. The second kappa shape index (κ2) is 5.03. The van der Waals surface area contributed by atoms with Crippen molar-refractivity contribution in [3.8, 4) is 5.88 Å². The highest BCUT2D eigenvalue weighted by molar-refractivity contribution is 5.96. The number of methoxy groups -OCH3 is 1. The molecule has 0 saturated heterocycles. The number of nitrogens with zero attached hydrogens (tertiary/aromatic N) is 1. The lowest BCUT2D eigenvalue weighted by Crippen LogP contribution is -2.09. The van der Waals surface area contributed by atoms with E-state index in [1.165, 1.54) is 6.20 Å². The Kier molecular flexibility index (Phi) is 3.56. The molecule has 1 N–H and O–H groups in total. The summed E-state index contributed by atoms with van der Waals surface area (Å²) < 4.78 is 48.6. The lowest BCUT2D eigenvalue weighted by molar-refractivity contribution is -0.137. The number of aromatic amines is 1. The normalized spacial score (nSPS) is 11.7. The fourth-order valence-electron chi connectivity index (χ4n) is 1.83. The van der Waals surface area contributed by atoms with Crippen molar-refractivity contribution in [2.24, 2.45) is 0 Å². The molecule has 108 valence electrons. The van der Waals surface area contributed by atoms with Gasteiger partial charge < -0.3 is 14.5 Å². The minimum atomic E-state index is -4.65. The molecule has 0 bridgehead atoms. The van der Waals surface area contributed by atoms with E-state index in [2.05, 4.69) is 14.7 Å². The Hall–Kier alpha value is -2.25. The number of alkyl halides is 3. The smallest absolute Gasteiger partial charge is 0.422 e. The lowest BCUT2D eigenvalue weighted by Gasteiger charge is -2.11. The van der Waals surface area contributed by atoms with Crippen LogP contribution >= 0.6 is 0 Å². The van der Waals surface area contributed by atoms with E-state index in [-0.39, 0.29) is 23.2 Å². The number of esters is 1. The molecule has 0 unspecified atom stereocenters. The quantitative estimate of drug-likeness (QED) is 0.882. The van der Waals surface area contributed by atoms with Crippen LogP contribution in [0.1, 0.15) is 23.0 Å². The second-order valence-corrected chi connectivity index (χ2v) is 3.87. The minimum Gasteiger partial charge on any atom is -0.481 e. The van der Waals surface area contributed by atoms with Gasteiger partial charge in [-0.25, -0.2) is 9.78 Å². The van der Waals surface area contributed by atoms with Crippen molar-refractivity contribution in [2.45, 2.75) is 13.1 Å². The summed E-state index contributed by atoms with van der Waals surface area (Å²) in [4.78, 5) is 17.7. The molecule has 2 aromatic heterocycles. The van der Waals surface area contributed by atoms with E-state index in [1.54, 1.807) is 6.92 Å². The summed E-state index contributed by atoms with van der Waals surface area (Å²) >= 11 is 0. The maximum atomic E-state index is 13.1. The van der Waals surface area contributed by atoms with Gasteiger partial charge in [0.25, 0.3) is 0 Å². The van der Waals surface area contributed by atoms with Gasteiger partial charge in [-0.1, -0.05) is 0 Å². The molecule has 2 rings (SSSR count). The Morgan fingerprint density at radius 2 is 2.15 bits per heavy atom. The number of carbonyl (C=O) groups excluding carboxylic acids is 1. The van der Waals surface area contributed by atoms with Gasteiger partial charge in [-0.3, -0.25) is 0 Å². The van der Waals surface area contributed by atoms with Gasteiger partial charge in [-0.15, -0.1) is 0 Å². The van der Waals surface area contributed by atoms with Crippen molar-refractivity contribution in [1.29, 1.82) is 0 Å². The summed E-state index contributed by atoms with van der Waals surface area (Å²) in [6.07, 6.45) is -3.47. The molecular weight excluding hydrogens is 277 g/mol. The van der Waals surface area contributed by atoms with Crippen molar-refractivity contribution >= 4 is 16.9 Å². The highest BCUT2D eigenvalue weighted by atomic mass is 19.4. The average molecular weight is 288 g/mol. The number of rotatable bonds is 3. The lowest BCUT2D eigenvalue weighted by atomic mass is 10.1. The topological polar surface area (TPSA) is 64.2 Å². The van der Waals surface area contributed by atoms with Crippen LogP contribution in [0, 0.1) is 0 Å². The molecular formula is C12H11F3N2O3. The number of aromatic nitrogens is 2. The van der Waals surface area contributed by atoms with Crippen LogP contribution in [0.5, 0.6) is 5.88 Å². The first-order chi connectivity index (χ1) is 9.38. The number of ether oxygens (including phenoxy) is 2. The van der Waals surface area contributed by atoms with Gasteiger partial charge in [0.2, 0.25) is 5.88 Å². The third-order valence-electron chi connectivity index (χ3n) is 2.61. The third-order valence-corrected chi connectivity index (χ3v) is 2.61. The van der Waals surface area contributed by atoms with E-state index in [0.717, 1.165) is 13.2 Å². The van der Waals surface area contributed by atoms with Gasteiger partial charge in [0.1, 0.15) is 11.3 Å². The van der Waals surface area contributed by atoms with E-state index >= 15 is 0 Å². The fourth-order valence-corrected chi connectivity index (χ4v) is 1.83. The van der Waals surface area contributed by atoms with Gasteiger partial charge in [0, 0.05) is 5.39 Å². The number of hydrogen-bond donors (Lipinski definition) is 1. The van der Waals surface area contributed by atoms with E-state index < -0.39 is 23.6 Å². The van der Waals surface area contributed by atoms with Crippen LogP contribution in [0.2, 0.25) is 0 Å². The minimum absolute atomic E-state index is 0.0672. The van der Waals surface area contributed by atoms with Crippen molar-refractivity contribution in [3.05, 3.63) is 23.5 Å². The van der Waals surface area contributed by atoms with Crippen LogP contribution in [-0.4, -0.2) is 29.7 Å². The molecule has 2 heterocycles. The van der Waals surface area contributed by atoms with Crippen LogP contribution in [0.25, 0.3) is 10.9 Å². The summed E-state index contributed by atoms with van der Waals surface area (Å²) in [5.74, 6) is -1.27. The van der Waals surface area contributed by atoms with E-state index in [9.17, 15) is 18.0 Å². The van der Waals surface area contributed by atoms with Gasteiger partial charge >= 0.3 is 12.1 Å². The molecule has 0 atom stereocenters. The molecule has 5 nitrogen and oxygen atoms in total. The molecule has 0 amide bonds. The van der Waals surface area contributed by atoms with Crippen molar-refractivity contribution in [2.75, 3.05) is 13.7 Å². The van der Waals surface area contributed by atoms with E-state index in [4.69, 9.17) is 4.74 Å². The monoisotopic (exact) mass is 288 g/mol. The molecule has 0 aromatic carbocycles. The number of nitrogens with one attached hydrogen (secondary N) is 1. The first-order valence-corrected chi connectivity index (χ1v) is 5.68. The molecule has 0 fully saturated rings. The zero-order valence-electron chi connectivity index (χ0n) is 10.7. The second-order valence-electron chi connectivity index (χ2n) is 3.87. The molecule has 20 heavy (non-hydrogen) atoms. The zero-order chi connectivity index (χ0) is 14.9. The molecule has 8 heteroatoms. The number of carbonyl (C=O) groups is 1. The largest absolute Gasteiger partial charge is 0.481 e. The predicted molar refractivity (Wildman–Crippen MR) is 63.6 cm³/mol. The molecule has 0 spiro atoms. The van der Waals surface area contributed by atoms with Gasteiger partial charge in [-0.2, -0.15) is 13.2 Å². The fraction of sp³-hybridized carbons (Fsp3) is 0.333. The Morgan fingerprint density at radius 3 is 2.70 bits per heavy atom. The van der Waals surface area contributed by atoms with Crippen LogP contribution in [0.3, 0.4) is 0 Å². The number of halogens is 3. The average Bonchev–Trinajstić information content (AvgIpc) is 2.80. The highest BCUT2D eigenvalue weighted by Crippen LogP contribution is 2.40. The van der Waals surface area contributed by atoms with Crippen LogP contribution < -0.4 is 4.74 Å². The Labute approximate surface area is 111 Å². The Bertz CT molecular complexity index is 649. The first-order valence-electron chi connectivity index (χ1n) is 5.68. The number of H-pyrrole nitrogens is 1. The van der Waals surface area contributed by atoms with Crippen LogP contribution in [0.15, 0.2) is 12.3 Å². The van der Waals surface area contributed by atoms with Crippen LogP contribution in [0.4, 0.5) is 13.2 Å². The maximum Gasteiger partial charge on any atom is 0.422 e. The summed E-state index contributed by atoms with van der Waals surface area (Å²) in [5, 5.41) is -0.188. The first kappa shape index (κ1) is 14.2. The van der Waals surface area contributed by atoms with Gasteiger partial charge in [-0.05, 0) is 13.0 Å². The summed E-state index contributed by atoms with van der Waals surface area (Å²) in [5.41, 5.74) is -1.01. The molecule has 0 aliphatic rings. The zero-order valence-corrected chi connectivity index (χ0v) is 10.7. The number of fused-ring (bicyclic) bond motifs is 1. The Balaban J connectivity index is 2.65. The van der Waals surface area contributed by atoms with Crippen molar-refractivity contribution in [3.63, 3.8) is 0 Å². The van der Waals surface area contributed by atoms with Gasteiger partial charge in [0.05, 0.1) is 25.4 Å².